The fourth-order valence-electron chi connectivity index (χ4n) is 1.76. The van der Waals surface area contributed by atoms with Gasteiger partial charge in [0.1, 0.15) is 0 Å². The summed E-state index contributed by atoms with van der Waals surface area (Å²) in [6, 6.07) is 2.91. The molecule has 106 valence electrons. The number of benzene rings is 1. The van der Waals surface area contributed by atoms with Crippen molar-refractivity contribution >= 4 is 34.8 Å². The van der Waals surface area contributed by atoms with Gasteiger partial charge in [-0.15, -0.1) is 0 Å². The first kappa shape index (κ1) is 16.1. The second kappa shape index (κ2) is 8.28. The molecule has 1 amide bonds. The van der Waals surface area contributed by atoms with Crippen LogP contribution in [-0.4, -0.2) is 11.0 Å². The number of amides is 1. The molecular weight excluding hydrogens is 285 g/mol. The molecule has 0 aliphatic heterocycles. The zero-order valence-corrected chi connectivity index (χ0v) is 12.5. The van der Waals surface area contributed by atoms with E-state index in [-0.39, 0.29) is 22.4 Å². The summed E-state index contributed by atoms with van der Waals surface area (Å²) >= 11 is 11.6. The molecule has 5 heteroatoms. The number of phenolic OH excluding ortho intramolecular Hbond substituents is 1. The van der Waals surface area contributed by atoms with Crippen molar-refractivity contribution in [3.8, 4) is 5.75 Å². The van der Waals surface area contributed by atoms with E-state index in [9.17, 15) is 9.90 Å². The molecular formula is C14H19Cl2NO2. The molecule has 0 spiro atoms. The predicted octanol–water partition coefficient (Wildman–Crippen LogP) is 5.00. The average molecular weight is 304 g/mol. The Balaban J connectivity index is 2.44. The van der Waals surface area contributed by atoms with Gasteiger partial charge >= 0.3 is 0 Å². The molecule has 0 heterocycles. The predicted molar refractivity (Wildman–Crippen MR) is 80.1 cm³/mol. The van der Waals surface area contributed by atoms with Crippen LogP contribution < -0.4 is 5.32 Å². The van der Waals surface area contributed by atoms with Gasteiger partial charge in [0.25, 0.3) is 0 Å². The maximum absolute atomic E-state index is 11.7. The summed E-state index contributed by atoms with van der Waals surface area (Å²) in [4.78, 5) is 11.7. The standard InChI is InChI=1S/C14H19Cl2NO2/c1-2-3-4-5-6-7-13(18)17-12-9-10(15)8-11(16)14(12)19/h8-9,19H,2-7H2,1H3,(H,17,18). The van der Waals surface area contributed by atoms with Crippen LogP contribution in [0.1, 0.15) is 45.4 Å². The summed E-state index contributed by atoms with van der Waals surface area (Å²) in [6.07, 6.45) is 5.86. The Morgan fingerprint density at radius 3 is 2.58 bits per heavy atom. The van der Waals surface area contributed by atoms with Gasteiger partial charge in [-0.2, -0.15) is 0 Å². The molecule has 1 rings (SSSR count). The van der Waals surface area contributed by atoms with Crippen molar-refractivity contribution in [2.75, 3.05) is 5.32 Å². The van der Waals surface area contributed by atoms with E-state index < -0.39 is 0 Å². The van der Waals surface area contributed by atoms with Crippen molar-refractivity contribution in [2.24, 2.45) is 0 Å². The summed E-state index contributed by atoms with van der Waals surface area (Å²) in [7, 11) is 0. The topological polar surface area (TPSA) is 49.3 Å². The number of carbonyl (C=O) groups excluding carboxylic acids is 1. The molecule has 1 aromatic carbocycles. The lowest BCUT2D eigenvalue weighted by atomic mass is 10.1. The number of anilines is 1. The maximum Gasteiger partial charge on any atom is 0.224 e. The van der Waals surface area contributed by atoms with Crippen LogP contribution in [0.2, 0.25) is 10.0 Å². The Morgan fingerprint density at radius 1 is 1.21 bits per heavy atom. The third-order valence-corrected chi connectivity index (χ3v) is 3.32. The zero-order valence-electron chi connectivity index (χ0n) is 11.0. The monoisotopic (exact) mass is 303 g/mol. The van der Waals surface area contributed by atoms with Gasteiger partial charge in [-0.25, -0.2) is 0 Å². The summed E-state index contributed by atoms with van der Waals surface area (Å²) < 4.78 is 0. The van der Waals surface area contributed by atoms with Gasteiger partial charge in [0.15, 0.2) is 5.75 Å². The number of hydrogen-bond donors (Lipinski definition) is 2. The Hall–Kier alpha value is -0.930. The van der Waals surface area contributed by atoms with Crippen LogP contribution in [0.3, 0.4) is 0 Å². The minimum Gasteiger partial charge on any atom is -0.504 e. The van der Waals surface area contributed by atoms with E-state index in [1.807, 2.05) is 0 Å². The van der Waals surface area contributed by atoms with Gasteiger partial charge in [-0.1, -0.05) is 55.8 Å². The second-order valence-corrected chi connectivity index (χ2v) is 5.34. The van der Waals surface area contributed by atoms with E-state index in [1.54, 1.807) is 0 Å². The van der Waals surface area contributed by atoms with E-state index in [0.29, 0.717) is 11.4 Å². The van der Waals surface area contributed by atoms with Gasteiger partial charge in [0, 0.05) is 11.4 Å². The fraction of sp³-hybridized carbons (Fsp3) is 0.500. The van der Waals surface area contributed by atoms with Gasteiger partial charge < -0.3 is 10.4 Å². The lowest BCUT2D eigenvalue weighted by molar-refractivity contribution is -0.116. The van der Waals surface area contributed by atoms with Gasteiger partial charge in [0.2, 0.25) is 5.91 Å². The van der Waals surface area contributed by atoms with Gasteiger partial charge in [0.05, 0.1) is 10.7 Å². The third kappa shape index (κ3) is 5.70. The largest absolute Gasteiger partial charge is 0.504 e. The highest BCUT2D eigenvalue weighted by atomic mass is 35.5. The molecule has 0 aliphatic carbocycles. The van der Waals surface area contributed by atoms with Crippen LogP contribution in [-0.2, 0) is 4.79 Å². The number of halogens is 2. The summed E-state index contributed by atoms with van der Waals surface area (Å²) in [5.74, 6) is -0.282. The van der Waals surface area contributed by atoms with E-state index >= 15 is 0 Å². The van der Waals surface area contributed by atoms with E-state index in [0.717, 1.165) is 19.3 Å². The quantitative estimate of drug-likeness (QED) is 0.550. The first-order chi connectivity index (χ1) is 9.04. The molecule has 2 N–H and O–H groups in total. The number of rotatable bonds is 7. The summed E-state index contributed by atoms with van der Waals surface area (Å²) in [5.41, 5.74) is 0.260. The van der Waals surface area contributed by atoms with Crippen LogP contribution in [0.25, 0.3) is 0 Å². The van der Waals surface area contributed by atoms with E-state index in [1.165, 1.54) is 25.0 Å². The van der Waals surface area contributed by atoms with Crippen molar-refractivity contribution in [1.29, 1.82) is 0 Å². The summed E-state index contributed by atoms with van der Waals surface area (Å²) in [5, 5.41) is 12.8. The van der Waals surface area contributed by atoms with Crippen molar-refractivity contribution in [1.82, 2.24) is 0 Å². The Kier molecular flexibility index (Phi) is 7.03. The molecule has 1 aromatic rings. The average Bonchev–Trinajstić information content (AvgIpc) is 2.35. The highest BCUT2D eigenvalue weighted by Gasteiger charge is 2.10. The maximum atomic E-state index is 11.7. The number of carbonyl (C=O) groups is 1. The molecule has 19 heavy (non-hydrogen) atoms. The normalized spacial score (nSPS) is 10.5. The third-order valence-electron chi connectivity index (χ3n) is 2.81. The van der Waals surface area contributed by atoms with Crippen LogP contribution in [0, 0.1) is 0 Å². The molecule has 0 bridgehead atoms. The molecule has 0 fully saturated rings. The lowest BCUT2D eigenvalue weighted by Gasteiger charge is -2.09. The highest BCUT2D eigenvalue weighted by Crippen LogP contribution is 2.35. The highest BCUT2D eigenvalue weighted by molar-refractivity contribution is 6.36. The molecule has 0 aliphatic rings. The molecule has 0 atom stereocenters. The Labute approximate surface area is 123 Å². The first-order valence-corrected chi connectivity index (χ1v) is 7.28. The smallest absolute Gasteiger partial charge is 0.224 e. The molecule has 0 radical (unpaired) electrons. The molecule has 0 unspecified atom stereocenters. The second-order valence-electron chi connectivity index (χ2n) is 4.50. The van der Waals surface area contributed by atoms with Gasteiger partial charge in [-0.3, -0.25) is 4.79 Å². The van der Waals surface area contributed by atoms with E-state index in [2.05, 4.69) is 12.2 Å². The van der Waals surface area contributed by atoms with Crippen LogP contribution >= 0.6 is 23.2 Å². The van der Waals surface area contributed by atoms with Crippen molar-refractivity contribution in [3.05, 3.63) is 22.2 Å². The molecule has 3 nitrogen and oxygen atoms in total. The first-order valence-electron chi connectivity index (χ1n) is 6.52. The Morgan fingerprint density at radius 2 is 1.89 bits per heavy atom. The molecule has 0 aromatic heterocycles. The summed E-state index contributed by atoms with van der Waals surface area (Å²) in [6.45, 7) is 2.15. The van der Waals surface area contributed by atoms with Gasteiger partial charge in [-0.05, 0) is 18.6 Å². The fourth-order valence-corrected chi connectivity index (χ4v) is 2.26. The number of nitrogens with one attached hydrogen (secondary N) is 1. The minimum atomic E-state index is -0.148. The van der Waals surface area contributed by atoms with Crippen molar-refractivity contribution in [3.63, 3.8) is 0 Å². The molecule has 0 saturated carbocycles. The van der Waals surface area contributed by atoms with Crippen LogP contribution in [0.5, 0.6) is 5.75 Å². The lowest BCUT2D eigenvalue weighted by Crippen LogP contribution is -2.11. The van der Waals surface area contributed by atoms with Crippen molar-refractivity contribution in [2.45, 2.75) is 45.4 Å². The molecule has 0 saturated heterocycles. The number of phenols is 1. The number of unbranched alkanes of at least 4 members (excludes halogenated alkanes) is 4. The van der Waals surface area contributed by atoms with Crippen LogP contribution in [0.4, 0.5) is 5.69 Å². The SMILES string of the molecule is CCCCCCCC(=O)Nc1cc(Cl)cc(Cl)c1O. The zero-order chi connectivity index (χ0) is 14.3. The minimum absolute atomic E-state index is 0.130. The number of aromatic hydroxyl groups is 1. The van der Waals surface area contributed by atoms with Crippen molar-refractivity contribution < 1.29 is 9.90 Å². The van der Waals surface area contributed by atoms with Crippen LogP contribution in [0.15, 0.2) is 12.1 Å². The number of hydrogen-bond acceptors (Lipinski definition) is 2. The van der Waals surface area contributed by atoms with E-state index in [4.69, 9.17) is 23.2 Å². The Bertz CT molecular complexity index is 436.